The van der Waals surface area contributed by atoms with Gasteiger partial charge in [0.15, 0.2) is 15.7 Å². The second-order valence-corrected chi connectivity index (χ2v) is 7.36. The molecule has 1 aliphatic heterocycles. The minimum atomic E-state index is -2.91. The molecule has 1 saturated heterocycles. The quantitative estimate of drug-likeness (QED) is 0.766. The minimum Gasteiger partial charge on any atom is -0.351 e. The average Bonchev–Trinajstić information content (AvgIpc) is 2.82. The summed E-state index contributed by atoms with van der Waals surface area (Å²) in [6.07, 6.45) is 2.27. The summed E-state index contributed by atoms with van der Waals surface area (Å²) >= 11 is 0. The van der Waals surface area contributed by atoms with E-state index in [1.54, 1.807) is 6.20 Å². The number of rotatable bonds is 6. The molecule has 0 saturated carbocycles. The summed E-state index contributed by atoms with van der Waals surface area (Å²) in [7, 11) is -2.91. The predicted molar refractivity (Wildman–Crippen MR) is 83.5 cm³/mol. The summed E-state index contributed by atoms with van der Waals surface area (Å²) in [6, 6.07) is -0.0127. The average molecular weight is 313 g/mol. The van der Waals surface area contributed by atoms with Gasteiger partial charge in [-0.05, 0) is 27.2 Å². The van der Waals surface area contributed by atoms with Gasteiger partial charge in [0.1, 0.15) is 0 Å². The summed E-state index contributed by atoms with van der Waals surface area (Å²) in [5, 5.41) is 8.11. The highest BCUT2D eigenvalue weighted by Gasteiger charge is 2.32. The highest BCUT2D eigenvalue weighted by molar-refractivity contribution is 7.91. The Labute approximate surface area is 126 Å². The van der Waals surface area contributed by atoms with Gasteiger partial charge in [-0.1, -0.05) is 0 Å². The van der Waals surface area contributed by atoms with Crippen molar-refractivity contribution in [2.24, 2.45) is 0 Å². The fourth-order valence-corrected chi connectivity index (χ4v) is 4.42. The molecular weight excluding hydrogens is 290 g/mol. The van der Waals surface area contributed by atoms with Crippen LogP contribution in [0.4, 0.5) is 11.8 Å². The van der Waals surface area contributed by atoms with Crippen LogP contribution in [-0.2, 0) is 9.84 Å². The molecule has 8 heteroatoms. The van der Waals surface area contributed by atoms with Crippen LogP contribution in [0.3, 0.4) is 0 Å². The summed E-state index contributed by atoms with van der Waals surface area (Å²) in [5.74, 6) is 1.76. The van der Waals surface area contributed by atoms with Crippen LogP contribution in [-0.4, -0.2) is 60.8 Å². The van der Waals surface area contributed by atoms with E-state index in [1.165, 1.54) is 0 Å². The third kappa shape index (κ3) is 3.61. The molecular formula is C13H23N5O2S. The molecule has 0 aliphatic carbocycles. The maximum absolute atomic E-state index is 11.7. The topological polar surface area (TPSA) is 79.3 Å². The molecule has 21 heavy (non-hydrogen) atoms. The maximum atomic E-state index is 11.7. The third-order valence-electron chi connectivity index (χ3n) is 3.87. The van der Waals surface area contributed by atoms with Gasteiger partial charge in [-0.3, -0.25) is 0 Å². The number of nitrogens with zero attached hydrogens (tertiary/aromatic N) is 5. The van der Waals surface area contributed by atoms with Gasteiger partial charge in [0.25, 0.3) is 0 Å². The van der Waals surface area contributed by atoms with Crippen LogP contribution in [0.25, 0.3) is 0 Å². The molecule has 1 atom stereocenters. The molecule has 1 aromatic rings. The lowest BCUT2D eigenvalue weighted by atomic mass is 10.2. The molecule has 1 unspecified atom stereocenters. The molecule has 118 valence electrons. The molecule has 0 spiro atoms. The lowest BCUT2D eigenvalue weighted by Crippen LogP contribution is -2.37. The van der Waals surface area contributed by atoms with Gasteiger partial charge >= 0.3 is 0 Å². The smallest absolute Gasteiger partial charge is 0.247 e. The first-order valence-electron chi connectivity index (χ1n) is 7.42. The number of anilines is 2. The Balaban J connectivity index is 2.24. The van der Waals surface area contributed by atoms with Crippen molar-refractivity contribution in [2.45, 2.75) is 33.2 Å². The van der Waals surface area contributed by atoms with Crippen LogP contribution in [0.1, 0.15) is 27.2 Å². The monoisotopic (exact) mass is 313 g/mol. The van der Waals surface area contributed by atoms with Crippen molar-refractivity contribution in [2.75, 3.05) is 40.9 Å². The van der Waals surface area contributed by atoms with Gasteiger partial charge in [0, 0.05) is 25.7 Å². The lowest BCUT2D eigenvalue weighted by molar-refractivity contribution is 0.599. The van der Waals surface area contributed by atoms with Crippen LogP contribution in [0, 0.1) is 0 Å². The Bertz CT molecular complexity index is 574. The van der Waals surface area contributed by atoms with Gasteiger partial charge in [-0.15, -0.1) is 5.10 Å². The second-order valence-electron chi connectivity index (χ2n) is 5.13. The zero-order valence-corrected chi connectivity index (χ0v) is 13.7. The first-order valence-corrected chi connectivity index (χ1v) is 9.24. The van der Waals surface area contributed by atoms with Crippen LogP contribution in [0.2, 0.25) is 0 Å². The van der Waals surface area contributed by atoms with E-state index in [4.69, 9.17) is 0 Å². The van der Waals surface area contributed by atoms with Crippen LogP contribution in [0.15, 0.2) is 6.20 Å². The van der Waals surface area contributed by atoms with E-state index >= 15 is 0 Å². The number of sulfone groups is 1. The van der Waals surface area contributed by atoms with Gasteiger partial charge in [-0.25, -0.2) is 8.42 Å². The Morgan fingerprint density at radius 3 is 2.48 bits per heavy atom. The second kappa shape index (κ2) is 6.55. The van der Waals surface area contributed by atoms with Gasteiger partial charge in [0.2, 0.25) is 5.95 Å². The fourth-order valence-electron chi connectivity index (χ4n) is 2.69. The van der Waals surface area contributed by atoms with Crippen molar-refractivity contribution in [3.8, 4) is 0 Å². The van der Waals surface area contributed by atoms with E-state index in [2.05, 4.69) is 15.2 Å². The Kier molecular flexibility index (Phi) is 4.97. The van der Waals surface area contributed by atoms with Gasteiger partial charge in [-0.2, -0.15) is 10.1 Å². The first-order chi connectivity index (χ1) is 10.0. The largest absolute Gasteiger partial charge is 0.351 e. The highest BCUT2D eigenvalue weighted by Crippen LogP contribution is 2.23. The van der Waals surface area contributed by atoms with Crippen molar-refractivity contribution < 1.29 is 8.42 Å². The van der Waals surface area contributed by atoms with Crippen LogP contribution >= 0.6 is 0 Å². The third-order valence-corrected chi connectivity index (χ3v) is 5.62. The fraction of sp³-hybridized carbons (Fsp3) is 0.769. The number of hydrogen-bond acceptors (Lipinski definition) is 7. The Morgan fingerprint density at radius 2 is 1.95 bits per heavy atom. The Hall–Kier alpha value is -1.44. The molecule has 1 fully saturated rings. The normalized spacial score (nSPS) is 20.4. The molecule has 0 bridgehead atoms. The minimum absolute atomic E-state index is 0.0127. The summed E-state index contributed by atoms with van der Waals surface area (Å²) in [5.41, 5.74) is 0. The van der Waals surface area contributed by atoms with E-state index in [1.807, 2.05) is 30.6 Å². The van der Waals surface area contributed by atoms with Crippen molar-refractivity contribution in [3.63, 3.8) is 0 Å². The number of hydrogen-bond donors (Lipinski definition) is 0. The molecule has 2 heterocycles. The lowest BCUT2D eigenvalue weighted by Gasteiger charge is -2.28. The zero-order valence-electron chi connectivity index (χ0n) is 12.9. The van der Waals surface area contributed by atoms with Crippen LogP contribution < -0.4 is 9.80 Å². The predicted octanol–water partition coefficient (Wildman–Crippen LogP) is 0.731. The van der Waals surface area contributed by atoms with E-state index in [-0.39, 0.29) is 17.5 Å². The van der Waals surface area contributed by atoms with Gasteiger partial charge < -0.3 is 9.80 Å². The maximum Gasteiger partial charge on any atom is 0.247 e. The van der Waals surface area contributed by atoms with Crippen molar-refractivity contribution >= 4 is 21.6 Å². The number of aromatic nitrogens is 3. The molecule has 2 rings (SSSR count). The molecule has 0 N–H and O–H groups in total. The summed E-state index contributed by atoms with van der Waals surface area (Å²) in [6.45, 7) is 8.42. The van der Waals surface area contributed by atoms with Crippen molar-refractivity contribution in [3.05, 3.63) is 6.20 Å². The zero-order chi connectivity index (χ0) is 15.5. The van der Waals surface area contributed by atoms with Crippen molar-refractivity contribution in [1.82, 2.24) is 15.2 Å². The molecule has 0 aromatic carbocycles. The molecule has 1 aromatic heterocycles. The van der Waals surface area contributed by atoms with Crippen molar-refractivity contribution in [1.29, 1.82) is 0 Å². The standard InChI is InChI=1S/C13H23N5O2S/c1-4-17(5-2)13-15-12(9-14-16-13)18(6-3)11-7-8-21(19,20)10-11/h9,11H,4-8,10H2,1-3H3. The summed E-state index contributed by atoms with van der Waals surface area (Å²) in [4.78, 5) is 8.61. The molecule has 1 aliphatic rings. The first kappa shape index (κ1) is 15.9. The van der Waals surface area contributed by atoms with E-state index < -0.39 is 9.84 Å². The highest BCUT2D eigenvalue weighted by atomic mass is 32.2. The summed E-state index contributed by atoms with van der Waals surface area (Å²) < 4.78 is 23.4. The Morgan fingerprint density at radius 1 is 1.24 bits per heavy atom. The molecule has 0 radical (unpaired) electrons. The molecule has 0 amide bonds. The van der Waals surface area contributed by atoms with Crippen LogP contribution in [0.5, 0.6) is 0 Å². The SMILES string of the molecule is CCN(CC)c1nncc(N(CC)C2CCS(=O)(=O)C2)n1. The van der Waals surface area contributed by atoms with Gasteiger partial charge in [0.05, 0.1) is 17.7 Å². The molecule has 7 nitrogen and oxygen atoms in total. The van der Waals surface area contributed by atoms with E-state index in [0.29, 0.717) is 24.7 Å². The van der Waals surface area contributed by atoms with E-state index in [0.717, 1.165) is 13.1 Å². The van der Waals surface area contributed by atoms with E-state index in [9.17, 15) is 8.42 Å².